The van der Waals surface area contributed by atoms with Crippen molar-refractivity contribution in [3.63, 3.8) is 0 Å². The first kappa shape index (κ1) is 17.7. The van der Waals surface area contributed by atoms with Crippen molar-refractivity contribution in [3.8, 4) is 17.1 Å². The average molecular weight is 342 g/mol. The van der Waals surface area contributed by atoms with Gasteiger partial charge in [-0.2, -0.15) is 4.98 Å². The van der Waals surface area contributed by atoms with Crippen molar-refractivity contribution in [2.75, 3.05) is 7.11 Å². The topological polar surface area (TPSA) is 64.4 Å². The van der Waals surface area contributed by atoms with Crippen LogP contribution < -0.4 is 10.4 Å². The smallest absolute Gasteiger partial charge is 0.351 e. The Hall–Kier alpha value is -2.14. The average Bonchev–Trinajstić information content (AvgIpc) is 2.58. The minimum Gasteiger partial charge on any atom is -0.481 e. The minimum atomic E-state index is -0.321. The van der Waals surface area contributed by atoms with Crippen molar-refractivity contribution in [2.24, 2.45) is 5.41 Å². The normalized spacial score (nSPS) is 14.6. The summed E-state index contributed by atoms with van der Waals surface area (Å²) in [5.41, 5.74) is 4.01. The van der Waals surface area contributed by atoms with Crippen LogP contribution in [0.5, 0.6) is 5.88 Å². The Kier molecular flexibility index (Phi) is 4.69. The van der Waals surface area contributed by atoms with Crippen molar-refractivity contribution < 1.29 is 9.84 Å². The number of methoxy groups -OCH3 is 1. The molecule has 5 nitrogen and oxygen atoms in total. The zero-order chi connectivity index (χ0) is 18.2. The molecule has 0 aliphatic carbocycles. The molecule has 2 aromatic rings. The minimum absolute atomic E-state index is 0.0993. The first-order chi connectivity index (χ1) is 11.8. The molecule has 0 spiro atoms. The third-order valence-corrected chi connectivity index (χ3v) is 4.95. The van der Waals surface area contributed by atoms with Gasteiger partial charge in [-0.15, -0.1) is 0 Å². The van der Waals surface area contributed by atoms with Gasteiger partial charge in [-0.3, -0.25) is 4.57 Å². The van der Waals surface area contributed by atoms with Crippen LogP contribution in [-0.4, -0.2) is 27.9 Å². The van der Waals surface area contributed by atoms with Crippen LogP contribution in [0.2, 0.25) is 0 Å². The number of aliphatic hydroxyl groups is 1. The molecule has 0 saturated heterocycles. The molecule has 1 aliphatic rings. The highest BCUT2D eigenvalue weighted by Gasteiger charge is 2.22. The van der Waals surface area contributed by atoms with Gasteiger partial charge >= 0.3 is 5.69 Å². The molecule has 3 rings (SSSR count). The third kappa shape index (κ3) is 3.61. The van der Waals surface area contributed by atoms with E-state index in [2.05, 4.69) is 44.0 Å². The molecule has 0 saturated carbocycles. The SMILES string of the molecule is COc1cc2n(c(=O)n1)CCc1cc(CCC(O)C(C)(C)C)ccc1-2. The standard InChI is InChI=1S/C20H26N2O3/c1-20(2,3)17(23)8-6-13-5-7-15-14(11-13)9-10-22-16(15)12-18(25-4)21-19(22)24/h5,7,11-12,17,23H,6,8-10H2,1-4H3. The van der Waals surface area contributed by atoms with E-state index in [-0.39, 0.29) is 17.2 Å². The van der Waals surface area contributed by atoms with Crippen molar-refractivity contribution in [3.05, 3.63) is 45.9 Å². The number of aromatic nitrogens is 2. The molecule has 0 fully saturated rings. The van der Waals surface area contributed by atoms with E-state index in [0.29, 0.717) is 12.4 Å². The van der Waals surface area contributed by atoms with Crippen molar-refractivity contribution >= 4 is 0 Å². The highest BCUT2D eigenvalue weighted by molar-refractivity contribution is 5.67. The lowest BCUT2D eigenvalue weighted by atomic mass is 9.85. The highest BCUT2D eigenvalue weighted by atomic mass is 16.5. The summed E-state index contributed by atoms with van der Waals surface area (Å²) < 4.78 is 6.85. The van der Waals surface area contributed by atoms with Gasteiger partial charge < -0.3 is 9.84 Å². The summed E-state index contributed by atoms with van der Waals surface area (Å²) in [5, 5.41) is 10.2. The van der Waals surface area contributed by atoms with Gasteiger partial charge in [0.2, 0.25) is 5.88 Å². The lowest BCUT2D eigenvalue weighted by molar-refractivity contribution is 0.0560. The van der Waals surface area contributed by atoms with Crippen LogP contribution >= 0.6 is 0 Å². The van der Waals surface area contributed by atoms with Crippen LogP contribution in [0.4, 0.5) is 0 Å². The summed E-state index contributed by atoms with van der Waals surface area (Å²) in [6, 6.07) is 8.17. The molecular weight excluding hydrogens is 316 g/mol. The maximum Gasteiger partial charge on any atom is 0.351 e. The van der Waals surface area contributed by atoms with Crippen molar-refractivity contribution in [1.29, 1.82) is 0 Å². The Morgan fingerprint density at radius 3 is 2.76 bits per heavy atom. The van der Waals surface area contributed by atoms with Gasteiger partial charge in [0.05, 0.1) is 18.9 Å². The number of ether oxygens (including phenoxy) is 1. The molecule has 1 aliphatic heterocycles. The van der Waals surface area contributed by atoms with E-state index in [1.165, 1.54) is 18.2 Å². The molecule has 25 heavy (non-hydrogen) atoms. The van der Waals surface area contributed by atoms with Crippen LogP contribution in [0.3, 0.4) is 0 Å². The van der Waals surface area contributed by atoms with Gasteiger partial charge in [0.1, 0.15) is 0 Å². The molecule has 1 atom stereocenters. The highest BCUT2D eigenvalue weighted by Crippen LogP contribution is 2.31. The molecule has 1 aromatic heterocycles. The first-order valence-electron chi connectivity index (χ1n) is 8.75. The van der Waals surface area contributed by atoms with Gasteiger partial charge in [-0.05, 0) is 35.8 Å². The van der Waals surface area contributed by atoms with E-state index >= 15 is 0 Å². The van der Waals surface area contributed by atoms with Crippen LogP contribution in [-0.2, 0) is 19.4 Å². The maximum absolute atomic E-state index is 12.1. The quantitative estimate of drug-likeness (QED) is 0.928. The number of nitrogens with zero attached hydrogens (tertiary/aromatic N) is 2. The fourth-order valence-electron chi connectivity index (χ4n) is 3.26. The summed E-state index contributed by atoms with van der Waals surface area (Å²) in [4.78, 5) is 16.1. The van der Waals surface area contributed by atoms with Crippen LogP contribution in [0, 0.1) is 5.41 Å². The third-order valence-electron chi connectivity index (χ3n) is 4.95. The number of benzene rings is 1. The number of hydrogen-bond donors (Lipinski definition) is 1. The largest absolute Gasteiger partial charge is 0.481 e. The van der Waals surface area contributed by atoms with Gasteiger partial charge in [0, 0.05) is 18.2 Å². The molecule has 0 amide bonds. The van der Waals surface area contributed by atoms with E-state index in [1.54, 1.807) is 4.57 Å². The lowest BCUT2D eigenvalue weighted by Gasteiger charge is -2.26. The summed E-state index contributed by atoms with van der Waals surface area (Å²) in [5.74, 6) is 0.349. The second-order valence-electron chi connectivity index (χ2n) is 7.78. The van der Waals surface area contributed by atoms with E-state index < -0.39 is 0 Å². The molecule has 0 bridgehead atoms. The van der Waals surface area contributed by atoms with E-state index in [4.69, 9.17) is 4.74 Å². The Morgan fingerprint density at radius 1 is 1.32 bits per heavy atom. The number of rotatable bonds is 4. The van der Waals surface area contributed by atoms with E-state index in [9.17, 15) is 9.90 Å². The molecule has 1 N–H and O–H groups in total. The van der Waals surface area contributed by atoms with Crippen molar-refractivity contribution in [1.82, 2.24) is 9.55 Å². The van der Waals surface area contributed by atoms with Crippen molar-refractivity contribution in [2.45, 2.75) is 52.7 Å². The maximum atomic E-state index is 12.1. The number of aryl methyl sites for hydroxylation is 2. The molecule has 1 unspecified atom stereocenters. The zero-order valence-corrected chi connectivity index (χ0v) is 15.4. The first-order valence-corrected chi connectivity index (χ1v) is 8.75. The second kappa shape index (κ2) is 6.64. The molecule has 2 heterocycles. The number of fused-ring (bicyclic) bond motifs is 3. The van der Waals surface area contributed by atoms with Gasteiger partial charge in [0.25, 0.3) is 0 Å². The predicted octanol–water partition coefficient (Wildman–Crippen LogP) is 2.81. The van der Waals surface area contributed by atoms with Crippen LogP contribution in [0.15, 0.2) is 29.1 Å². The Morgan fingerprint density at radius 2 is 2.08 bits per heavy atom. The van der Waals surface area contributed by atoms with Crippen LogP contribution in [0.25, 0.3) is 11.3 Å². The summed E-state index contributed by atoms with van der Waals surface area (Å²) >= 11 is 0. The molecule has 1 aromatic carbocycles. The summed E-state index contributed by atoms with van der Waals surface area (Å²) in [6.45, 7) is 6.80. The monoisotopic (exact) mass is 342 g/mol. The molecule has 0 radical (unpaired) electrons. The predicted molar refractivity (Wildman–Crippen MR) is 98.0 cm³/mol. The fourth-order valence-corrected chi connectivity index (χ4v) is 3.26. The van der Waals surface area contributed by atoms with Gasteiger partial charge in [-0.25, -0.2) is 4.79 Å². The van der Waals surface area contributed by atoms with E-state index in [1.807, 2.05) is 6.07 Å². The Balaban J connectivity index is 1.88. The molecule has 5 heteroatoms. The van der Waals surface area contributed by atoms with Gasteiger partial charge in [0.15, 0.2) is 0 Å². The van der Waals surface area contributed by atoms with E-state index in [0.717, 1.165) is 30.5 Å². The fraction of sp³-hybridized carbons (Fsp3) is 0.500. The number of aliphatic hydroxyl groups excluding tert-OH is 1. The Bertz CT molecular complexity index is 834. The van der Waals surface area contributed by atoms with Crippen LogP contribution in [0.1, 0.15) is 38.3 Å². The zero-order valence-electron chi connectivity index (χ0n) is 15.4. The number of hydrogen-bond acceptors (Lipinski definition) is 4. The lowest BCUT2D eigenvalue weighted by Crippen LogP contribution is -2.28. The second-order valence-corrected chi connectivity index (χ2v) is 7.78. The van der Waals surface area contributed by atoms with Gasteiger partial charge in [-0.1, -0.05) is 39.0 Å². The summed E-state index contributed by atoms with van der Waals surface area (Å²) in [7, 11) is 1.52. The Labute approximate surface area is 148 Å². The molecule has 134 valence electrons. The summed E-state index contributed by atoms with van der Waals surface area (Å²) in [6.07, 6.45) is 2.08. The molecular formula is C20H26N2O3.